The quantitative estimate of drug-likeness (QED) is 0.898. The van der Waals surface area contributed by atoms with E-state index in [-0.39, 0.29) is 11.7 Å². The summed E-state index contributed by atoms with van der Waals surface area (Å²) in [5.74, 6) is -0.713. The van der Waals surface area contributed by atoms with Gasteiger partial charge in [0.15, 0.2) is 0 Å². The van der Waals surface area contributed by atoms with Crippen LogP contribution in [-0.4, -0.2) is 19.8 Å². The van der Waals surface area contributed by atoms with Crippen molar-refractivity contribution in [3.05, 3.63) is 28.2 Å². The molecule has 2 nitrogen and oxygen atoms in total. The zero-order valence-corrected chi connectivity index (χ0v) is 11.1. The zero-order chi connectivity index (χ0) is 12.4. The van der Waals surface area contributed by atoms with Gasteiger partial charge in [0.05, 0.1) is 12.6 Å². The third kappa shape index (κ3) is 3.16. The molecule has 1 unspecified atom stereocenters. The van der Waals surface area contributed by atoms with E-state index in [0.29, 0.717) is 17.0 Å². The van der Waals surface area contributed by atoms with Crippen molar-refractivity contribution >= 4 is 21.6 Å². The normalized spacial score (nSPS) is 16.9. The average molecular weight is 306 g/mol. The van der Waals surface area contributed by atoms with E-state index in [0.717, 1.165) is 12.8 Å². The molecule has 5 heteroatoms. The van der Waals surface area contributed by atoms with Gasteiger partial charge in [-0.3, -0.25) is 0 Å². The van der Waals surface area contributed by atoms with Crippen molar-refractivity contribution in [3.63, 3.8) is 0 Å². The van der Waals surface area contributed by atoms with Crippen LogP contribution in [0.2, 0.25) is 0 Å². The van der Waals surface area contributed by atoms with Crippen LogP contribution in [0.3, 0.4) is 0 Å². The molecule has 1 aromatic carbocycles. The lowest BCUT2D eigenvalue weighted by Crippen LogP contribution is -2.28. The summed E-state index contributed by atoms with van der Waals surface area (Å²) in [6, 6.07) is 2.48. The van der Waals surface area contributed by atoms with Gasteiger partial charge < -0.3 is 10.1 Å². The SMILES string of the molecule is COCC(Nc1c(F)cc(Br)cc1F)C1CC1. The number of methoxy groups -OCH3 is 1. The third-order valence-corrected chi connectivity index (χ3v) is 3.33. The molecule has 1 aliphatic carbocycles. The lowest BCUT2D eigenvalue weighted by Gasteiger charge is -2.19. The largest absolute Gasteiger partial charge is 0.383 e. The van der Waals surface area contributed by atoms with E-state index >= 15 is 0 Å². The van der Waals surface area contributed by atoms with Gasteiger partial charge in [0, 0.05) is 11.6 Å². The fourth-order valence-electron chi connectivity index (χ4n) is 1.84. The molecule has 0 spiro atoms. The molecule has 0 saturated heterocycles. The second-order valence-corrected chi connectivity index (χ2v) is 5.20. The fraction of sp³-hybridized carbons (Fsp3) is 0.500. The highest BCUT2D eigenvalue weighted by Gasteiger charge is 2.32. The van der Waals surface area contributed by atoms with Crippen molar-refractivity contribution in [2.75, 3.05) is 19.0 Å². The van der Waals surface area contributed by atoms with Crippen LogP contribution in [0.25, 0.3) is 0 Å². The number of nitrogens with one attached hydrogen (secondary N) is 1. The van der Waals surface area contributed by atoms with Crippen LogP contribution >= 0.6 is 15.9 Å². The topological polar surface area (TPSA) is 21.3 Å². The van der Waals surface area contributed by atoms with Gasteiger partial charge in [0.25, 0.3) is 0 Å². The Morgan fingerprint density at radius 1 is 1.41 bits per heavy atom. The van der Waals surface area contributed by atoms with Crippen molar-refractivity contribution in [1.29, 1.82) is 0 Å². The van der Waals surface area contributed by atoms with Gasteiger partial charge in [-0.1, -0.05) is 15.9 Å². The van der Waals surface area contributed by atoms with E-state index in [1.54, 1.807) is 7.11 Å². The Bertz CT molecular complexity index is 386. The van der Waals surface area contributed by atoms with Gasteiger partial charge in [0.1, 0.15) is 17.3 Å². The third-order valence-electron chi connectivity index (χ3n) is 2.87. The molecule has 0 aromatic heterocycles. The van der Waals surface area contributed by atoms with E-state index in [1.807, 2.05) is 0 Å². The monoisotopic (exact) mass is 305 g/mol. The average Bonchev–Trinajstić information content (AvgIpc) is 3.05. The molecule has 0 aliphatic heterocycles. The van der Waals surface area contributed by atoms with Crippen molar-refractivity contribution in [2.45, 2.75) is 18.9 Å². The minimum atomic E-state index is -0.585. The van der Waals surface area contributed by atoms with Crippen LogP contribution in [0.4, 0.5) is 14.5 Å². The van der Waals surface area contributed by atoms with E-state index in [2.05, 4.69) is 21.2 Å². The number of benzene rings is 1. The Kier molecular flexibility index (Phi) is 3.99. The molecule has 1 aliphatic rings. The first kappa shape index (κ1) is 12.8. The molecule has 2 rings (SSSR count). The summed E-state index contributed by atoms with van der Waals surface area (Å²) in [5.41, 5.74) is -0.0675. The molecule has 1 saturated carbocycles. The van der Waals surface area contributed by atoms with E-state index in [4.69, 9.17) is 4.74 Å². The number of rotatable bonds is 5. The molecular weight excluding hydrogens is 292 g/mol. The highest BCUT2D eigenvalue weighted by Crippen LogP contribution is 2.35. The van der Waals surface area contributed by atoms with Gasteiger partial charge in [-0.15, -0.1) is 0 Å². The van der Waals surface area contributed by atoms with Crippen LogP contribution in [0, 0.1) is 17.6 Å². The number of ether oxygens (including phenoxy) is 1. The van der Waals surface area contributed by atoms with Gasteiger partial charge in [-0.2, -0.15) is 0 Å². The summed E-state index contributed by atoms with van der Waals surface area (Å²) in [5, 5.41) is 2.91. The Labute approximate surface area is 107 Å². The van der Waals surface area contributed by atoms with Crippen molar-refractivity contribution in [3.8, 4) is 0 Å². The highest BCUT2D eigenvalue weighted by atomic mass is 79.9. The van der Waals surface area contributed by atoms with Crippen molar-refractivity contribution in [2.24, 2.45) is 5.92 Å². The molecule has 0 amide bonds. The van der Waals surface area contributed by atoms with E-state index in [9.17, 15) is 8.78 Å². The maximum Gasteiger partial charge on any atom is 0.150 e. The number of halogens is 3. The fourth-order valence-corrected chi connectivity index (χ4v) is 2.24. The Balaban J connectivity index is 2.16. The van der Waals surface area contributed by atoms with Crippen LogP contribution in [0.15, 0.2) is 16.6 Å². The standard InChI is InChI=1S/C12H14BrF2NO/c1-17-6-11(7-2-3-7)16-12-9(14)4-8(13)5-10(12)15/h4-5,7,11,16H,2-3,6H2,1H3. The smallest absolute Gasteiger partial charge is 0.150 e. The Hall–Kier alpha value is -0.680. The molecule has 0 radical (unpaired) electrons. The Morgan fingerprint density at radius 3 is 2.47 bits per heavy atom. The summed E-state index contributed by atoms with van der Waals surface area (Å²) in [4.78, 5) is 0. The second-order valence-electron chi connectivity index (χ2n) is 4.29. The Morgan fingerprint density at radius 2 is 2.00 bits per heavy atom. The van der Waals surface area contributed by atoms with Crippen LogP contribution in [0.1, 0.15) is 12.8 Å². The molecule has 1 aromatic rings. The van der Waals surface area contributed by atoms with E-state index in [1.165, 1.54) is 12.1 Å². The lowest BCUT2D eigenvalue weighted by molar-refractivity contribution is 0.179. The highest BCUT2D eigenvalue weighted by molar-refractivity contribution is 9.10. The molecule has 1 fully saturated rings. The van der Waals surface area contributed by atoms with Crippen LogP contribution in [0.5, 0.6) is 0 Å². The molecule has 0 heterocycles. The summed E-state index contributed by atoms with van der Waals surface area (Å²) < 4.78 is 32.7. The molecule has 1 N–H and O–H groups in total. The minimum Gasteiger partial charge on any atom is -0.383 e. The zero-order valence-electron chi connectivity index (χ0n) is 9.47. The van der Waals surface area contributed by atoms with Gasteiger partial charge in [-0.25, -0.2) is 8.78 Å². The van der Waals surface area contributed by atoms with Gasteiger partial charge >= 0.3 is 0 Å². The summed E-state index contributed by atoms with van der Waals surface area (Å²) in [6.07, 6.45) is 2.17. The van der Waals surface area contributed by atoms with E-state index < -0.39 is 11.6 Å². The molecule has 17 heavy (non-hydrogen) atoms. The van der Waals surface area contributed by atoms with Gasteiger partial charge in [0.2, 0.25) is 0 Å². The maximum atomic E-state index is 13.6. The van der Waals surface area contributed by atoms with Crippen molar-refractivity contribution in [1.82, 2.24) is 0 Å². The predicted molar refractivity (Wildman–Crippen MR) is 66.1 cm³/mol. The molecule has 1 atom stereocenters. The molecule has 94 valence electrons. The van der Waals surface area contributed by atoms with Crippen LogP contribution < -0.4 is 5.32 Å². The van der Waals surface area contributed by atoms with Crippen LogP contribution in [-0.2, 0) is 4.74 Å². The molecular formula is C12H14BrF2NO. The summed E-state index contributed by atoms with van der Waals surface area (Å²) in [7, 11) is 1.59. The molecule has 0 bridgehead atoms. The first-order valence-electron chi connectivity index (χ1n) is 5.52. The second kappa shape index (κ2) is 5.31. The van der Waals surface area contributed by atoms with Crippen molar-refractivity contribution < 1.29 is 13.5 Å². The van der Waals surface area contributed by atoms with Gasteiger partial charge in [-0.05, 0) is 30.9 Å². The minimum absolute atomic E-state index is 0.0230. The maximum absolute atomic E-state index is 13.6. The first-order valence-corrected chi connectivity index (χ1v) is 6.31. The lowest BCUT2D eigenvalue weighted by atomic mass is 10.1. The number of hydrogen-bond donors (Lipinski definition) is 1. The summed E-state index contributed by atoms with van der Waals surface area (Å²) in [6.45, 7) is 0.458. The number of hydrogen-bond acceptors (Lipinski definition) is 2. The summed E-state index contributed by atoms with van der Waals surface area (Å²) >= 11 is 3.05. The number of anilines is 1. The predicted octanol–water partition coefficient (Wildman–Crippen LogP) is 3.56. The first-order chi connectivity index (χ1) is 8.11.